The predicted molar refractivity (Wildman–Crippen MR) is 96.3 cm³/mol. The summed E-state index contributed by atoms with van der Waals surface area (Å²) >= 11 is 0. The first-order valence-corrected chi connectivity index (χ1v) is 9.63. The van der Waals surface area contributed by atoms with Gasteiger partial charge in [-0.1, -0.05) is 90.0 Å². The van der Waals surface area contributed by atoms with Crippen LogP contribution in [0.5, 0.6) is 0 Å². The van der Waals surface area contributed by atoms with Crippen LogP contribution in [-0.2, 0) is 4.79 Å². The molecular weight excluding hydrogens is 272 g/mol. The second-order valence-electron chi connectivity index (χ2n) is 6.53. The molecule has 1 N–H and O–H groups in total. The van der Waals surface area contributed by atoms with Gasteiger partial charge in [0.15, 0.2) is 0 Å². The Bertz CT molecular complexity index is 281. The largest absolute Gasteiger partial charge is 0.478 e. The highest BCUT2D eigenvalue weighted by Crippen LogP contribution is 2.18. The van der Waals surface area contributed by atoms with Crippen LogP contribution in [0, 0.1) is 0 Å². The van der Waals surface area contributed by atoms with E-state index in [1.807, 2.05) is 0 Å². The Balaban J connectivity index is 3.70. The highest BCUT2D eigenvalue weighted by Gasteiger charge is 2.02. The fraction of sp³-hybridized carbons (Fsp3) is 0.850. The van der Waals surface area contributed by atoms with E-state index >= 15 is 0 Å². The molecule has 0 unspecified atom stereocenters. The van der Waals surface area contributed by atoms with Crippen LogP contribution in [0.3, 0.4) is 0 Å². The smallest absolute Gasteiger partial charge is 0.328 e. The highest BCUT2D eigenvalue weighted by molar-refractivity contribution is 5.80. The van der Waals surface area contributed by atoms with Gasteiger partial charge in [0.25, 0.3) is 0 Å². The van der Waals surface area contributed by atoms with E-state index in [-0.39, 0.29) is 0 Å². The van der Waals surface area contributed by atoms with Crippen molar-refractivity contribution in [2.24, 2.45) is 0 Å². The van der Waals surface area contributed by atoms with E-state index in [2.05, 4.69) is 13.8 Å². The summed E-state index contributed by atoms with van der Waals surface area (Å²) in [5.41, 5.74) is 1.15. The number of rotatable bonds is 16. The molecule has 2 nitrogen and oxygen atoms in total. The van der Waals surface area contributed by atoms with Crippen LogP contribution in [0.15, 0.2) is 11.6 Å². The van der Waals surface area contributed by atoms with Crippen molar-refractivity contribution in [1.29, 1.82) is 0 Å². The molecule has 0 atom stereocenters. The normalized spacial score (nSPS) is 11.8. The van der Waals surface area contributed by atoms with E-state index in [0.29, 0.717) is 0 Å². The van der Waals surface area contributed by atoms with Crippen LogP contribution in [0.4, 0.5) is 0 Å². The quantitative estimate of drug-likeness (QED) is 0.249. The summed E-state index contributed by atoms with van der Waals surface area (Å²) in [6, 6.07) is 0. The average molecular weight is 311 g/mol. The SMILES string of the molecule is CCCCCCCCCC/C(=C/C(=O)O)CCCCCCC. The first-order chi connectivity index (χ1) is 10.7. The van der Waals surface area contributed by atoms with E-state index in [4.69, 9.17) is 5.11 Å². The number of hydrogen-bond donors (Lipinski definition) is 1. The molecule has 0 amide bonds. The Labute approximate surface area is 138 Å². The van der Waals surface area contributed by atoms with E-state index in [1.54, 1.807) is 0 Å². The summed E-state index contributed by atoms with van der Waals surface area (Å²) in [5, 5.41) is 8.97. The van der Waals surface area contributed by atoms with Crippen molar-refractivity contribution in [2.75, 3.05) is 0 Å². The third kappa shape index (κ3) is 15.6. The van der Waals surface area contributed by atoms with Crippen LogP contribution in [0.2, 0.25) is 0 Å². The first-order valence-electron chi connectivity index (χ1n) is 9.63. The predicted octanol–water partition coefficient (Wildman–Crippen LogP) is 6.89. The maximum atomic E-state index is 10.9. The molecule has 0 aromatic carbocycles. The average Bonchev–Trinajstić information content (AvgIpc) is 2.48. The van der Waals surface area contributed by atoms with Gasteiger partial charge in [-0.2, -0.15) is 0 Å². The lowest BCUT2D eigenvalue weighted by molar-refractivity contribution is -0.131. The Morgan fingerprint density at radius 3 is 1.41 bits per heavy atom. The lowest BCUT2D eigenvalue weighted by Crippen LogP contribution is -1.94. The summed E-state index contributed by atoms with van der Waals surface area (Å²) in [5.74, 6) is -0.775. The topological polar surface area (TPSA) is 37.3 Å². The van der Waals surface area contributed by atoms with E-state index < -0.39 is 5.97 Å². The molecule has 0 radical (unpaired) electrons. The molecule has 0 rings (SSSR count). The fourth-order valence-electron chi connectivity index (χ4n) is 2.89. The molecule has 0 aromatic heterocycles. The maximum absolute atomic E-state index is 10.9. The molecule has 22 heavy (non-hydrogen) atoms. The molecule has 0 saturated carbocycles. The summed E-state index contributed by atoms with van der Waals surface area (Å²) in [4.78, 5) is 10.9. The summed E-state index contributed by atoms with van der Waals surface area (Å²) in [6.07, 6.45) is 20.1. The number of carboxylic acid groups (broad SMARTS) is 1. The van der Waals surface area contributed by atoms with Gasteiger partial charge in [0.1, 0.15) is 0 Å². The van der Waals surface area contributed by atoms with Crippen LogP contribution < -0.4 is 0 Å². The van der Waals surface area contributed by atoms with Crippen molar-refractivity contribution in [3.05, 3.63) is 11.6 Å². The van der Waals surface area contributed by atoms with Gasteiger partial charge in [-0.25, -0.2) is 4.79 Å². The fourth-order valence-corrected chi connectivity index (χ4v) is 2.89. The molecule has 2 heteroatoms. The van der Waals surface area contributed by atoms with Crippen molar-refractivity contribution in [3.63, 3.8) is 0 Å². The first kappa shape index (κ1) is 21.2. The van der Waals surface area contributed by atoms with Gasteiger partial charge in [0.05, 0.1) is 0 Å². The zero-order chi connectivity index (χ0) is 16.5. The number of carbonyl (C=O) groups is 1. The molecule has 0 aliphatic carbocycles. The molecule has 0 aliphatic heterocycles. The van der Waals surface area contributed by atoms with Gasteiger partial charge in [0.2, 0.25) is 0 Å². The Morgan fingerprint density at radius 2 is 1.05 bits per heavy atom. The van der Waals surface area contributed by atoms with Crippen molar-refractivity contribution in [1.82, 2.24) is 0 Å². The Morgan fingerprint density at radius 1 is 0.682 bits per heavy atom. The van der Waals surface area contributed by atoms with E-state index in [0.717, 1.165) is 31.3 Å². The van der Waals surface area contributed by atoms with Gasteiger partial charge in [-0.15, -0.1) is 0 Å². The number of aliphatic carboxylic acids is 1. The second kappa shape index (κ2) is 16.6. The van der Waals surface area contributed by atoms with Crippen molar-refractivity contribution >= 4 is 5.97 Å². The van der Waals surface area contributed by atoms with Gasteiger partial charge >= 0.3 is 5.97 Å². The standard InChI is InChI=1S/C20H38O2/c1-3-5-7-9-10-11-13-15-17-19(18-20(21)22)16-14-12-8-6-4-2/h18H,3-17H2,1-2H3,(H,21,22)/b19-18+. The van der Waals surface area contributed by atoms with Crippen LogP contribution in [-0.4, -0.2) is 11.1 Å². The zero-order valence-corrected chi connectivity index (χ0v) is 15.0. The lowest BCUT2D eigenvalue weighted by Gasteiger charge is -2.07. The van der Waals surface area contributed by atoms with E-state index in [9.17, 15) is 4.79 Å². The summed E-state index contributed by atoms with van der Waals surface area (Å²) in [7, 11) is 0. The minimum Gasteiger partial charge on any atom is -0.478 e. The molecule has 0 spiro atoms. The van der Waals surface area contributed by atoms with Gasteiger partial charge in [-0.3, -0.25) is 0 Å². The van der Waals surface area contributed by atoms with Crippen LogP contribution >= 0.6 is 0 Å². The number of allylic oxidation sites excluding steroid dienone is 1. The van der Waals surface area contributed by atoms with Gasteiger partial charge in [0, 0.05) is 6.08 Å². The molecule has 0 heterocycles. The van der Waals surface area contributed by atoms with Gasteiger partial charge in [-0.05, 0) is 25.7 Å². The summed E-state index contributed by atoms with van der Waals surface area (Å²) < 4.78 is 0. The molecule has 0 fully saturated rings. The monoisotopic (exact) mass is 310 g/mol. The minimum absolute atomic E-state index is 0.775. The molecule has 130 valence electrons. The Kier molecular flexibility index (Phi) is 16.0. The molecule has 0 aromatic rings. The van der Waals surface area contributed by atoms with E-state index in [1.165, 1.54) is 76.7 Å². The molecular formula is C20H38O2. The van der Waals surface area contributed by atoms with Crippen molar-refractivity contribution in [3.8, 4) is 0 Å². The second-order valence-corrected chi connectivity index (χ2v) is 6.53. The van der Waals surface area contributed by atoms with Crippen molar-refractivity contribution < 1.29 is 9.90 Å². The highest BCUT2D eigenvalue weighted by atomic mass is 16.4. The summed E-state index contributed by atoms with van der Waals surface area (Å²) in [6.45, 7) is 4.47. The Hall–Kier alpha value is -0.790. The zero-order valence-electron chi connectivity index (χ0n) is 15.0. The third-order valence-corrected chi connectivity index (χ3v) is 4.28. The number of unbranched alkanes of at least 4 members (excludes halogenated alkanes) is 11. The molecule has 0 aliphatic rings. The molecule has 0 saturated heterocycles. The maximum Gasteiger partial charge on any atom is 0.328 e. The lowest BCUT2D eigenvalue weighted by atomic mass is 9.99. The van der Waals surface area contributed by atoms with Crippen LogP contribution in [0.1, 0.15) is 110 Å². The van der Waals surface area contributed by atoms with Crippen molar-refractivity contribution in [2.45, 2.75) is 110 Å². The molecule has 0 bridgehead atoms. The number of carboxylic acids is 1. The third-order valence-electron chi connectivity index (χ3n) is 4.28. The minimum atomic E-state index is -0.775. The van der Waals surface area contributed by atoms with Crippen LogP contribution in [0.25, 0.3) is 0 Å². The van der Waals surface area contributed by atoms with Gasteiger partial charge < -0.3 is 5.11 Å². The number of hydrogen-bond acceptors (Lipinski definition) is 1.